The van der Waals surface area contributed by atoms with Crippen molar-refractivity contribution in [2.45, 2.75) is 39.7 Å². The third-order valence-electron chi connectivity index (χ3n) is 1.89. The summed E-state index contributed by atoms with van der Waals surface area (Å²) in [5.74, 6) is 0. The maximum Gasteiger partial charge on any atom is 0.0798 e. The van der Waals surface area contributed by atoms with Crippen LogP contribution >= 0.6 is 11.3 Å². The van der Waals surface area contributed by atoms with Gasteiger partial charge in [0.05, 0.1) is 11.2 Å². The maximum atomic E-state index is 4.42. The summed E-state index contributed by atoms with van der Waals surface area (Å²) in [4.78, 5) is 5.79. The monoisotopic (exact) mass is 198 g/mol. The lowest BCUT2D eigenvalue weighted by Crippen LogP contribution is -2.18. The number of hydrogen-bond acceptors (Lipinski definition) is 3. The molecule has 0 spiro atoms. The van der Waals surface area contributed by atoms with E-state index in [2.05, 4.69) is 38.0 Å². The highest BCUT2D eigenvalue weighted by Gasteiger charge is 2.20. The van der Waals surface area contributed by atoms with Gasteiger partial charge in [-0.05, 0) is 6.54 Å². The van der Waals surface area contributed by atoms with E-state index in [9.17, 15) is 0 Å². The molecule has 0 aliphatic rings. The predicted octanol–water partition coefficient (Wildman–Crippen LogP) is 2.55. The van der Waals surface area contributed by atoms with Crippen LogP contribution in [0, 0.1) is 0 Å². The van der Waals surface area contributed by atoms with Crippen molar-refractivity contribution in [1.29, 1.82) is 0 Å². The van der Waals surface area contributed by atoms with Crippen molar-refractivity contribution in [2.24, 2.45) is 0 Å². The van der Waals surface area contributed by atoms with Crippen LogP contribution in [0.5, 0.6) is 0 Å². The zero-order chi connectivity index (χ0) is 9.90. The molecule has 2 nitrogen and oxygen atoms in total. The lowest BCUT2D eigenvalue weighted by atomic mass is 9.91. The summed E-state index contributed by atoms with van der Waals surface area (Å²) in [6.07, 6.45) is 0. The highest BCUT2D eigenvalue weighted by atomic mass is 32.1. The summed E-state index contributed by atoms with van der Waals surface area (Å²) >= 11 is 1.74. The molecule has 0 saturated carbocycles. The fourth-order valence-corrected chi connectivity index (χ4v) is 2.19. The lowest BCUT2D eigenvalue weighted by Gasteiger charge is -2.17. The topological polar surface area (TPSA) is 24.9 Å². The van der Waals surface area contributed by atoms with Gasteiger partial charge < -0.3 is 5.32 Å². The van der Waals surface area contributed by atoms with Crippen LogP contribution in [0.2, 0.25) is 0 Å². The van der Waals surface area contributed by atoms with E-state index in [4.69, 9.17) is 0 Å². The van der Waals surface area contributed by atoms with Crippen molar-refractivity contribution in [3.63, 3.8) is 0 Å². The maximum absolute atomic E-state index is 4.42. The summed E-state index contributed by atoms with van der Waals surface area (Å²) in [6, 6.07) is 0. The number of aromatic nitrogens is 1. The van der Waals surface area contributed by atoms with Crippen molar-refractivity contribution in [3.05, 3.63) is 16.1 Å². The van der Waals surface area contributed by atoms with Crippen LogP contribution in [-0.2, 0) is 12.0 Å². The fraction of sp³-hybridized carbons (Fsp3) is 0.700. The molecule has 1 aromatic heterocycles. The second-order valence-electron chi connectivity index (χ2n) is 4.15. The summed E-state index contributed by atoms with van der Waals surface area (Å²) in [6.45, 7) is 10.7. The molecular weight excluding hydrogens is 180 g/mol. The van der Waals surface area contributed by atoms with Gasteiger partial charge in [-0.3, -0.25) is 0 Å². The molecule has 0 aromatic carbocycles. The van der Waals surface area contributed by atoms with Crippen LogP contribution in [0.3, 0.4) is 0 Å². The van der Waals surface area contributed by atoms with Gasteiger partial charge in [0.2, 0.25) is 0 Å². The van der Waals surface area contributed by atoms with E-state index in [1.165, 1.54) is 10.6 Å². The van der Waals surface area contributed by atoms with E-state index < -0.39 is 0 Å². The summed E-state index contributed by atoms with van der Waals surface area (Å²) in [5, 5.41) is 3.33. The summed E-state index contributed by atoms with van der Waals surface area (Å²) in [5.41, 5.74) is 3.34. The molecule has 0 aliphatic carbocycles. The van der Waals surface area contributed by atoms with Gasteiger partial charge in [-0.2, -0.15) is 0 Å². The molecule has 1 heterocycles. The minimum atomic E-state index is 0.171. The van der Waals surface area contributed by atoms with Crippen LogP contribution in [0.1, 0.15) is 38.3 Å². The Kier molecular flexibility index (Phi) is 3.45. The average molecular weight is 198 g/mol. The van der Waals surface area contributed by atoms with Gasteiger partial charge in [0, 0.05) is 16.8 Å². The third-order valence-corrected chi connectivity index (χ3v) is 2.72. The molecular formula is C10H18N2S. The lowest BCUT2D eigenvalue weighted by molar-refractivity contribution is 0.561. The van der Waals surface area contributed by atoms with Gasteiger partial charge in [0.1, 0.15) is 0 Å². The minimum Gasteiger partial charge on any atom is -0.312 e. The first-order valence-electron chi connectivity index (χ1n) is 4.69. The Morgan fingerprint density at radius 2 is 2.15 bits per heavy atom. The van der Waals surface area contributed by atoms with Gasteiger partial charge in [-0.25, -0.2) is 4.98 Å². The number of thiazole rings is 1. The molecule has 0 amide bonds. The van der Waals surface area contributed by atoms with Crippen LogP contribution in [0.4, 0.5) is 0 Å². The Morgan fingerprint density at radius 1 is 1.46 bits per heavy atom. The first kappa shape index (κ1) is 10.7. The van der Waals surface area contributed by atoms with Crippen molar-refractivity contribution < 1.29 is 0 Å². The van der Waals surface area contributed by atoms with Gasteiger partial charge in [-0.15, -0.1) is 11.3 Å². The number of rotatable bonds is 3. The predicted molar refractivity (Wildman–Crippen MR) is 58.2 cm³/mol. The van der Waals surface area contributed by atoms with Crippen molar-refractivity contribution in [1.82, 2.24) is 10.3 Å². The summed E-state index contributed by atoms with van der Waals surface area (Å²) in [7, 11) is 0. The zero-order valence-corrected chi connectivity index (χ0v) is 9.66. The van der Waals surface area contributed by atoms with Crippen molar-refractivity contribution >= 4 is 11.3 Å². The van der Waals surface area contributed by atoms with E-state index in [1.54, 1.807) is 11.3 Å². The molecule has 13 heavy (non-hydrogen) atoms. The normalized spacial score (nSPS) is 12.0. The molecule has 0 fully saturated rings. The highest BCUT2D eigenvalue weighted by molar-refractivity contribution is 7.09. The minimum absolute atomic E-state index is 0.171. The first-order valence-corrected chi connectivity index (χ1v) is 5.57. The second-order valence-corrected chi connectivity index (χ2v) is 5.09. The number of hydrogen-bond donors (Lipinski definition) is 1. The Hall–Kier alpha value is -0.410. The van der Waals surface area contributed by atoms with Crippen LogP contribution in [0.15, 0.2) is 5.51 Å². The quantitative estimate of drug-likeness (QED) is 0.807. The van der Waals surface area contributed by atoms with E-state index >= 15 is 0 Å². The van der Waals surface area contributed by atoms with Crippen molar-refractivity contribution in [2.75, 3.05) is 6.54 Å². The standard InChI is InChI=1S/C10H18N2S/c1-5-11-6-8-9(10(2,3)4)12-7-13-8/h7,11H,5-6H2,1-4H3. The molecule has 0 atom stereocenters. The molecule has 0 aliphatic heterocycles. The molecule has 0 radical (unpaired) electrons. The Balaban J connectivity index is 2.77. The Labute approximate surface area is 84.4 Å². The second kappa shape index (κ2) is 4.20. The molecule has 1 aromatic rings. The van der Waals surface area contributed by atoms with E-state index in [-0.39, 0.29) is 5.41 Å². The molecule has 0 bridgehead atoms. The average Bonchev–Trinajstić information content (AvgIpc) is 2.47. The van der Waals surface area contributed by atoms with E-state index in [1.807, 2.05) is 5.51 Å². The van der Waals surface area contributed by atoms with Crippen LogP contribution < -0.4 is 5.32 Å². The number of nitrogens with one attached hydrogen (secondary N) is 1. The van der Waals surface area contributed by atoms with E-state index in [0.29, 0.717) is 0 Å². The van der Waals surface area contributed by atoms with Crippen LogP contribution in [0.25, 0.3) is 0 Å². The fourth-order valence-electron chi connectivity index (χ4n) is 1.25. The Morgan fingerprint density at radius 3 is 2.69 bits per heavy atom. The molecule has 1 N–H and O–H groups in total. The van der Waals surface area contributed by atoms with E-state index in [0.717, 1.165) is 13.1 Å². The van der Waals surface area contributed by atoms with Gasteiger partial charge >= 0.3 is 0 Å². The molecule has 1 rings (SSSR count). The molecule has 0 saturated heterocycles. The molecule has 0 unspecified atom stereocenters. The zero-order valence-electron chi connectivity index (χ0n) is 8.85. The highest BCUT2D eigenvalue weighted by Crippen LogP contribution is 2.26. The third kappa shape index (κ3) is 2.78. The number of nitrogens with zero attached hydrogens (tertiary/aromatic N) is 1. The van der Waals surface area contributed by atoms with Gasteiger partial charge in [-0.1, -0.05) is 27.7 Å². The molecule has 3 heteroatoms. The Bertz CT molecular complexity index is 260. The summed E-state index contributed by atoms with van der Waals surface area (Å²) < 4.78 is 0. The van der Waals surface area contributed by atoms with Crippen LogP contribution in [-0.4, -0.2) is 11.5 Å². The van der Waals surface area contributed by atoms with Crippen molar-refractivity contribution in [3.8, 4) is 0 Å². The van der Waals surface area contributed by atoms with Gasteiger partial charge in [0.25, 0.3) is 0 Å². The first-order chi connectivity index (χ1) is 6.05. The van der Waals surface area contributed by atoms with Gasteiger partial charge in [0.15, 0.2) is 0 Å². The smallest absolute Gasteiger partial charge is 0.0798 e. The largest absolute Gasteiger partial charge is 0.312 e. The molecule has 74 valence electrons. The SMILES string of the molecule is CCNCc1scnc1C(C)(C)C.